The van der Waals surface area contributed by atoms with Gasteiger partial charge in [0, 0.05) is 35.6 Å². The van der Waals surface area contributed by atoms with Crippen molar-refractivity contribution in [3.63, 3.8) is 0 Å². The molecule has 7 atom stereocenters. The van der Waals surface area contributed by atoms with Crippen molar-refractivity contribution in [2.45, 2.75) is 42.0 Å². The average molecular weight is 670 g/mol. The van der Waals surface area contributed by atoms with E-state index in [1.165, 1.54) is 0 Å². The number of amides is 3. The molecule has 3 heterocycles. The number of anilines is 1. The topological polar surface area (TPSA) is 81.2 Å². The number of halogens is 1. The summed E-state index contributed by atoms with van der Waals surface area (Å²) in [5.74, 6) is -2.03. The molecule has 3 unspecified atom stereocenters. The van der Waals surface area contributed by atoms with Crippen molar-refractivity contribution in [3.05, 3.63) is 126 Å². The summed E-state index contributed by atoms with van der Waals surface area (Å²) in [5.41, 5.74) is 2.35. The van der Waals surface area contributed by atoms with E-state index in [2.05, 4.69) is 20.1 Å². The van der Waals surface area contributed by atoms with Crippen LogP contribution in [0.3, 0.4) is 0 Å². The van der Waals surface area contributed by atoms with Gasteiger partial charge in [-0.25, -0.2) is 0 Å². The van der Waals surface area contributed by atoms with Crippen molar-refractivity contribution in [2.24, 2.45) is 17.8 Å². The minimum atomic E-state index is -0.933. The normalized spacial score (nSPS) is 26.5. The highest BCUT2D eigenvalue weighted by Crippen LogP contribution is 2.69. The van der Waals surface area contributed by atoms with E-state index >= 15 is 9.59 Å². The lowest BCUT2D eigenvalue weighted by atomic mass is 9.65. The van der Waals surface area contributed by atoms with Crippen LogP contribution in [0.25, 0.3) is 0 Å². The van der Waals surface area contributed by atoms with Gasteiger partial charge in [-0.15, -0.1) is 24.9 Å². The number of aliphatic hydroxyl groups excluding tert-OH is 1. The highest BCUT2D eigenvalue weighted by atomic mass is 35.5. The molecule has 0 aromatic heterocycles. The predicted octanol–water partition coefficient (Wildman–Crippen LogP) is 6.14. The Balaban J connectivity index is 1.47. The summed E-state index contributed by atoms with van der Waals surface area (Å²) >= 11 is 7.83. The molecule has 0 aliphatic carbocycles. The van der Waals surface area contributed by atoms with Gasteiger partial charge in [0.25, 0.3) is 5.91 Å². The largest absolute Gasteiger partial charge is 0.394 e. The van der Waals surface area contributed by atoms with Gasteiger partial charge < -0.3 is 19.8 Å². The fourth-order valence-electron chi connectivity index (χ4n) is 8.01. The first-order chi connectivity index (χ1) is 22.8. The molecule has 9 heteroatoms. The number of thioether (sulfide) groups is 1. The SMILES string of the molecule is C=CCN(Cc1ccccc1)C(=O)[C@@H]1[C@@H]2CC(C)C3(S2)C(C(=O)N(CC=C)c2ccc(Cl)cc2)N([C@H](CO)c2ccccc2)C(=O)[C@H]13. The Morgan fingerprint density at radius 3 is 2.26 bits per heavy atom. The van der Waals surface area contributed by atoms with Gasteiger partial charge in [0.15, 0.2) is 0 Å². The second kappa shape index (κ2) is 13.7. The van der Waals surface area contributed by atoms with Crippen molar-refractivity contribution in [1.29, 1.82) is 0 Å². The van der Waals surface area contributed by atoms with Crippen LogP contribution in [-0.4, -0.2) is 68.4 Å². The van der Waals surface area contributed by atoms with E-state index < -0.39 is 28.7 Å². The number of benzene rings is 3. The number of likely N-dealkylation sites (tertiary alicyclic amines) is 1. The highest BCUT2D eigenvalue weighted by molar-refractivity contribution is 8.02. The molecule has 3 aliphatic heterocycles. The zero-order chi connectivity index (χ0) is 33.3. The number of rotatable bonds is 12. The van der Waals surface area contributed by atoms with Crippen molar-refractivity contribution < 1.29 is 19.5 Å². The quantitative estimate of drug-likeness (QED) is 0.234. The van der Waals surface area contributed by atoms with Gasteiger partial charge in [0.2, 0.25) is 11.8 Å². The Morgan fingerprint density at radius 2 is 1.64 bits per heavy atom. The first kappa shape index (κ1) is 33.1. The van der Waals surface area contributed by atoms with Crippen LogP contribution < -0.4 is 4.90 Å². The van der Waals surface area contributed by atoms with Crippen LogP contribution in [0, 0.1) is 17.8 Å². The van der Waals surface area contributed by atoms with Gasteiger partial charge in [-0.05, 0) is 47.7 Å². The Kier molecular flexibility index (Phi) is 9.65. The standard InChI is InChI=1S/C38H40ClN3O4S/c1-4-20-40(23-26-12-8-6-9-13-26)35(44)32-31-22-25(3)38(47-31)33(32)36(45)42(30(24-43)27-14-10-7-11-15-27)34(38)37(46)41(21-5-2)29-18-16-28(39)17-19-29/h4-19,25,30-34,43H,1-2,20-24H2,3H3/t25?,30-,31+,32-,33+,34?,38?/m1/s1. The van der Waals surface area contributed by atoms with E-state index in [1.54, 1.807) is 62.9 Å². The molecule has 3 amide bonds. The van der Waals surface area contributed by atoms with Crippen LogP contribution in [0.1, 0.15) is 30.5 Å². The molecule has 3 aromatic rings. The number of aliphatic hydroxyl groups is 1. The summed E-state index contributed by atoms with van der Waals surface area (Å²) in [4.78, 5) is 49.8. The van der Waals surface area contributed by atoms with Gasteiger partial charge in [0.05, 0.1) is 29.2 Å². The lowest BCUT2D eigenvalue weighted by Crippen LogP contribution is -2.58. The third kappa shape index (κ3) is 5.70. The van der Waals surface area contributed by atoms with E-state index in [4.69, 9.17) is 11.6 Å². The van der Waals surface area contributed by atoms with E-state index in [-0.39, 0.29) is 42.0 Å². The summed E-state index contributed by atoms with van der Waals surface area (Å²) < 4.78 is -0.875. The number of carbonyl (C=O) groups excluding carboxylic acids is 3. The number of hydrogen-bond donors (Lipinski definition) is 1. The molecule has 2 bridgehead atoms. The van der Waals surface area contributed by atoms with Crippen LogP contribution >= 0.6 is 23.4 Å². The van der Waals surface area contributed by atoms with Gasteiger partial charge in [-0.3, -0.25) is 14.4 Å². The maximum atomic E-state index is 15.1. The highest BCUT2D eigenvalue weighted by Gasteiger charge is 2.77. The fraction of sp³-hybridized carbons (Fsp3) is 0.342. The van der Waals surface area contributed by atoms with Crippen molar-refractivity contribution in [1.82, 2.24) is 9.80 Å². The van der Waals surface area contributed by atoms with Gasteiger partial charge in [-0.2, -0.15) is 0 Å². The number of nitrogens with zero attached hydrogens (tertiary/aromatic N) is 3. The molecule has 3 fully saturated rings. The average Bonchev–Trinajstić information content (AvgIpc) is 3.68. The van der Waals surface area contributed by atoms with Crippen molar-refractivity contribution >= 4 is 46.8 Å². The van der Waals surface area contributed by atoms with E-state index in [0.29, 0.717) is 30.2 Å². The summed E-state index contributed by atoms with van der Waals surface area (Å²) in [6.45, 7) is 10.5. The minimum absolute atomic E-state index is 0.0395. The smallest absolute Gasteiger partial charge is 0.251 e. The van der Waals surface area contributed by atoms with Crippen LogP contribution in [0.2, 0.25) is 5.02 Å². The third-order valence-electron chi connectivity index (χ3n) is 9.99. The van der Waals surface area contributed by atoms with Crippen LogP contribution in [0.5, 0.6) is 0 Å². The number of carbonyl (C=O) groups is 3. The summed E-state index contributed by atoms with van der Waals surface area (Å²) in [6, 6.07) is 24.4. The van der Waals surface area contributed by atoms with Crippen LogP contribution in [0.4, 0.5) is 5.69 Å². The molecule has 7 nitrogen and oxygen atoms in total. The monoisotopic (exact) mass is 669 g/mol. The second-order valence-electron chi connectivity index (χ2n) is 12.6. The predicted molar refractivity (Wildman–Crippen MR) is 188 cm³/mol. The number of hydrogen-bond acceptors (Lipinski definition) is 5. The van der Waals surface area contributed by atoms with Crippen molar-refractivity contribution in [3.8, 4) is 0 Å². The first-order valence-corrected chi connectivity index (χ1v) is 17.3. The zero-order valence-electron chi connectivity index (χ0n) is 26.5. The fourth-order valence-corrected chi connectivity index (χ4v) is 10.5. The summed E-state index contributed by atoms with van der Waals surface area (Å²) in [7, 11) is 0. The third-order valence-corrected chi connectivity index (χ3v) is 12.3. The molecule has 0 radical (unpaired) electrons. The van der Waals surface area contributed by atoms with E-state index in [1.807, 2.05) is 60.7 Å². The summed E-state index contributed by atoms with van der Waals surface area (Å²) in [5, 5.41) is 11.3. The van der Waals surface area contributed by atoms with Crippen LogP contribution in [-0.2, 0) is 20.9 Å². The first-order valence-electron chi connectivity index (χ1n) is 16.0. The van der Waals surface area contributed by atoms with Gasteiger partial charge in [0.1, 0.15) is 6.04 Å². The molecular weight excluding hydrogens is 630 g/mol. The maximum absolute atomic E-state index is 15.1. The van der Waals surface area contributed by atoms with E-state index in [9.17, 15) is 9.90 Å². The van der Waals surface area contributed by atoms with Crippen LogP contribution in [0.15, 0.2) is 110 Å². The Morgan fingerprint density at radius 1 is 1.00 bits per heavy atom. The molecule has 3 aliphatic rings. The molecule has 47 heavy (non-hydrogen) atoms. The second-order valence-corrected chi connectivity index (χ2v) is 14.6. The minimum Gasteiger partial charge on any atom is -0.394 e. The zero-order valence-corrected chi connectivity index (χ0v) is 28.0. The summed E-state index contributed by atoms with van der Waals surface area (Å²) in [6.07, 6.45) is 4.08. The maximum Gasteiger partial charge on any atom is 0.251 e. The molecule has 0 saturated carbocycles. The van der Waals surface area contributed by atoms with Gasteiger partial charge >= 0.3 is 0 Å². The van der Waals surface area contributed by atoms with Gasteiger partial charge in [-0.1, -0.05) is 91.3 Å². The van der Waals surface area contributed by atoms with Crippen molar-refractivity contribution in [2.75, 3.05) is 24.6 Å². The Bertz CT molecular complexity index is 1640. The number of fused-ring (bicyclic) bond motifs is 1. The molecule has 6 rings (SSSR count). The molecule has 1 spiro atoms. The molecular formula is C38H40ClN3O4S. The molecule has 3 aromatic carbocycles. The lowest BCUT2D eigenvalue weighted by molar-refractivity contribution is -0.146. The van der Waals surface area contributed by atoms with E-state index in [0.717, 1.165) is 11.1 Å². The Labute approximate surface area is 285 Å². The molecule has 244 valence electrons. The molecule has 3 saturated heterocycles. The Hall–Kier alpha value is -3.85. The lowest BCUT2D eigenvalue weighted by Gasteiger charge is -2.42. The molecule has 1 N–H and O–H groups in total.